The van der Waals surface area contributed by atoms with Crippen LogP contribution in [0.25, 0.3) is 0 Å². The SMILES string of the molecule is O=C(c1ccccc1OCc1ccccc1)C(O)(OCc1ccccc1)S(=O)(=O)O. The lowest BCUT2D eigenvalue weighted by Gasteiger charge is -2.24. The van der Waals surface area contributed by atoms with Crippen LogP contribution in [0, 0.1) is 0 Å². The third-order valence-electron chi connectivity index (χ3n) is 4.28. The maximum Gasteiger partial charge on any atom is 0.363 e. The maximum absolute atomic E-state index is 13.0. The molecule has 1 atom stereocenters. The molecule has 0 bridgehead atoms. The smallest absolute Gasteiger partial charge is 0.363 e. The Morgan fingerprint density at radius 1 is 0.800 bits per heavy atom. The molecule has 7 nitrogen and oxygen atoms in total. The summed E-state index contributed by atoms with van der Waals surface area (Å²) in [7, 11) is -5.34. The summed E-state index contributed by atoms with van der Waals surface area (Å²) in [6, 6.07) is 23.3. The second-order valence-electron chi connectivity index (χ2n) is 6.43. The molecule has 0 radical (unpaired) electrons. The molecule has 0 saturated carbocycles. The molecule has 1 unspecified atom stereocenters. The summed E-state index contributed by atoms with van der Waals surface area (Å²) in [6.45, 7) is -0.309. The van der Waals surface area contributed by atoms with Crippen molar-refractivity contribution in [3.8, 4) is 5.75 Å². The maximum atomic E-state index is 13.0. The first-order chi connectivity index (χ1) is 14.3. The van der Waals surface area contributed by atoms with Gasteiger partial charge in [0.25, 0.3) is 0 Å². The molecular weight excluding hydrogens is 408 g/mol. The zero-order chi connectivity index (χ0) is 21.6. The second kappa shape index (κ2) is 9.19. The van der Waals surface area contributed by atoms with E-state index < -0.39 is 27.6 Å². The van der Waals surface area contributed by atoms with E-state index in [9.17, 15) is 22.9 Å². The van der Waals surface area contributed by atoms with E-state index in [1.807, 2.05) is 30.3 Å². The largest absolute Gasteiger partial charge is 0.488 e. The Morgan fingerprint density at radius 3 is 1.87 bits per heavy atom. The Hall–Kier alpha value is -3.04. The molecule has 3 aromatic rings. The number of benzene rings is 3. The van der Waals surface area contributed by atoms with Crippen molar-refractivity contribution in [2.24, 2.45) is 0 Å². The topological polar surface area (TPSA) is 110 Å². The lowest BCUT2D eigenvalue weighted by molar-refractivity contribution is -0.118. The molecule has 0 aliphatic carbocycles. The van der Waals surface area contributed by atoms with Crippen molar-refractivity contribution in [1.29, 1.82) is 0 Å². The number of aliphatic hydroxyl groups is 1. The Morgan fingerprint density at radius 2 is 1.30 bits per heavy atom. The minimum Gasteiger partial charge on any atom is -0.488 e. The predicted octanol–water partition coefficient (Wildman–Crippen LogP) is 3.20. The monoisotopic (exact) mass is 428 g/mol. The van der Waals surface area contributed by atoms with Crippen molar-refractivity contribution in [1.82, 2.24) is 0 Å². The molecule has 2 N–H and O–H groups in total. The Kier molecular flexibility index (Phi) is 6.63. The number of para-hydroxylation sites is 1. The lowest BCUT2D eigenvalue weighted by Crippen LogP contribution is -2.48. The van der Waals surface area contributed by atoms with E-state index in [1.54, 1.807) is 36.4 Å². The number of ether oxygens (including phenoxy) is 2. The van der Waals surface area contributed by atoms with Crippen LogP contribution in [0.15, 0.2) is 84.9 Å². The number of rotatable bonds is 9. The number of ketones is 1. The fourth-order valence-electron chi connectivity index (χ4n) is 2.70. The highest BCUT2D eigenvalue weighted by atomic mass is 32.2. The third kappa shape index (κ3) is 4.92. The van der Waals surface area contributed by atoms with Crippen molar-refractivity contribution in [3.05, 3.63) is 102 Å². The lowest BCUT2D eigenvalue weighted by atomic mass is 10.1. The summed E-state index contributed by atoms with van der Waals surface area (Å²) in [5.41, 5.74) is 1.08. The van der Waals surface area contributed by atoms with Gasteiger partial charge in [0.2, 0.25) is 5.78 Å². The van der Waals surface area contributed by atoms with Crippen LogP contribution in [0.5, 0.6) is 5.75 Å². The number of carbonyl (C=O) groups excluding carboxylic acids is 1. The second-order valence-corrected chi connectivity index (χ2v) is 7.93. The van der Waals surface area contributed by atoms with E-state index in [2.05, 4.69) is 0 Å². The van der Waals surface area contributed by atoms with Gasteiger partial charge >= 0.3 is 15.2 Å². The van der Waals surface area contributed by atoms with Gasteiger partial charge in [-0.05, 0) is 23.3 Å². The van der Waals surface area contributed by atoms with Gasteiger partial charge in [-0.2, -0.15) is 8.42 Å². The molecule has 156 valence electrons. The summed E-state index contributed by atoms with van der Waals surface area (Å²) in [6.07, 6.45) is 0. The van der Waals surface area contributed by atoms with Crippen LogP contribution in [0.3, 0.4) is 0 Å². The quantitative estimate of drug-likeness (QED) is 0.306. The van der Waals surface area contributed by atoms with E-state index >= 15 is 0 Å². The molecule has 0 aliphatic rings. The van der Waals surface area contributed by atoms with E-state index in [0.29, 0.717) is 5.56 Å². The third-order valence-corrected chi connectivity index (χ3v) is 5.29. The van der Waals surface area contributed by atoms with Gasteiger partial charge in [-0.3, -0.25) is 9.35 Å². The van der Waals surface area contributed by atoms with Crippen LogP contribution in [0.1, 0.15) is 21.5 Å². The zero-order valence-electron chi connectivity index (χ0n) is 15.8. The number of hydrogen-bond acceptors (Lipinski definition) is 6. The fraction of sp³-hybridized carbons (Fsp3) is 0.136. The van der Waals surface area contributed by atoms with Crippen molar-refractivity contribution in [3.63, 3.8) is 0 Å². The standard InChI is InChI=1S/C22H20O7S/c23-21(22(24,30(25,26)27)29-16-18-11-5-2-6-12-18)19-13-7-8-14-20(19)28-15-17-9-3-1-4-10-17/h1-14,24H,15-16H2,(H,25,26,27). The average molecular weight is 428 g/mol. The molecule has 8 heteroatoms. The summed E-state index contributed by atoms with van der Waals surface area (Å²) in [5.74, 6) is -1.32. The van der Waals surface area contributed by atoms with Crippen molar-refractivity contribution in [2.75, 3.05) is 0 Å². The first-order valence-corrected chi connectivity index (χ1v) is 10.4. The Balaban J connectivity index is 1.87. The van der Waals surface area contributed by atoms with Gasteiger partial charge < -0.3 is 14.6 Å². The van der Waals surface area contributed by atoms with E-state index in [1.165, 1.54) is 18.2 Å². The molecule has 0 aromatic heterocycles. The van der Waals surface area contributed by atoms with Crippen LogP contribution in [-0.4, -0.2) is 29.0 Å². The van der Waals surface area contributed by atoms with Crippen LogP contribution < -0.4 is 4.74 Å². The molecule has 3 rings (SSSR count). The normalized spacial score (nSPS) is 13.4. The minimum absolute atomic E-state index is 0.0386. The predicted molar refractivity (Wildman–Crippen MR) is 109 cm³/mol. The van der Waals surface area contributed by atoms with E-state index in [-0.39, 0.29) is 17.9 Å². The first-order valence-electron chi connectivity index (χ1n) is 8.99. The van der Waals surface area contributed by atoms with Crippen molar-refractivity contribution >= 4 is 15.9 Å². The van der Waals surface area contributed by atoms with Crippen LogP contribution in [-0.2, 0) is 28.1 Å². The van der Waals surface area contributed by atoms with Gasteiger partial charge in [0, 0.05) is 0 Å². The highest BCUT2D eigenvalue weighted by Gasteiger charge is 2.51. The highest BCUT2D eigenvalue weighted by molar-refractivity contribution is 7.87. The highest BCUT2D eigenvalue weighted by Crippen LogP contribution is 2.28. The molecule has 0 heterocycles. The molecule has 0 spiro atoms. The van der Waals surface area contributed by atoms with Gasteiger partial charge in [0.05, 0.1) is 12.2 Å². The van der Waals surface area contributed by atoms with E-state index in [4.69, 9.17) is 9.47 Å². The summed E-state index contributed by atoms with van der Waals surface area (Å²) in [5, 5.41) is 7.08. The van der Waals surface area contributed by atoms with Crippen molar-refractivity contribution in [2.45, 2.75) is 18.3 Å². The zero-order valence-corrected chi connectivity index (χ0v) is 16.7. The Bertz CT molecular complexity index is 1100. The first kappa shape index (κ1) is 21.7. The van der Waals surface area contributed by atoms with Gasteiger partial charge in [-0.1, -0.05) is 72.8 Å². The summed E-state index contributed by atoms with van der Waals surface area (Å²) >= 11 is 0. The molecule has 0 fully saturated rings. The summed E-state index contributed by atoms with van der Waals surface area (Å²) in [4.78, 5) is 13.0. The van der Waals surface area contributed by atoms with Gasteiger partial charge in [-0.15, -0.1) is 0 Å². The molecule has 0 saturated heterocycles. The van der Waals surface area contributed by atoms with Crippen LogP contribution in [0.2, 0.25) is 0 Å². The van der Waals surface area contributed by atoms with Crippen LogP contribution in [0.4, 0.5) is 0 Å². The molecular formula is C22H20O7S. The average Bonchev–Trinajstić information content (AvgIpc) is 2.76. The van der Waals surface area contributed by atoms with Crippen molar-refractivity contribution < 1.29 is 32.3 Å². The van der Waals surface area contributed by atoms with Crippen LogP contribution >= 0.6 is 0 Å². The number of Topliss-reactive ketones (excluding diaryl/α,β-unsaturated/α-hetero) is 1. The molecule has 30 heavy (non-hydrogen) atoms. The Labute approximate surface area is 174 Å². The number of carbonyl (C=O) groups is 1. The van der Waals surface area contributed by atoms with E-state index in [0.717, 1.165) is 5.56 Å². The summed E-state index contributed by atoms with van der Waals surface area (Å²) < 4.78 is 44.1. The fourth-order valence-corrected chi connectivity index (χ4v) is 3.25. The number of hydrogen-bond donors (Lipinski definition) is 2. The minimum atomic E-state index is -5.34. The van der Waals surface area contributed by atoms with Gasteiger partial charge in [-0.25, -0.2) is 0 Å². The molecule has 0 amide bonds. The van der Waals surface area contributed by atoms with Gasteiger partial charge in [0.15, 0.2) is 0 Å². The molecule has 0 aliphatic heterocycles. The van der Waals surface area contributed by atoms with Gasteiger partial charge in [0.1, 0.15) is 12.4 Å². The molecule has 3 aromatic carbocycles.